The van der Waals surface area contributed by atoms with Crippen LogP contribution in [0, 0.1) is 0 Å². The van der Waals surface area contributed by atoms with Crippen molar-refractivity contribution < 1.29 is 19.4 Å². The van der Waals surface area contributed by atoms with Crippen LogP contribution < -0.4 is 19.7 Å². The Morgan fingerprint density at radius 2 is 1.76 bits per heavy atom. The fourth-order valence-corrected chi connectivity index (χ4v) is 3.62. The SMILES string of the molecule is COc1ccc(N2C(=O)c3ccccc3NC2c2cc(Cl)c(O)c(OC)c2)cc1. The molecule has 0 fully saturated rings. The number of aromatic hydroxyl groups is 1. The van der Waals surface area contributed by atoms with Gasteiger partial charge >= 0.3 is 0 Å². The van der Waals surface area contributed by atoms with Gasteiger partial charge in [-0.25, -0.2) is 0 Å². The number of amides is 1. The molecule has 3 aromatic rings. The molecule has 4 rings (SSSR count). The van der Waals surface area contributed by atoms with Gasteiger partial charge in [0.2, 0.25) is 0 Å². The van der Waals surface area contributed by atoms with Crippen LogP contribution in [-0.4, -0.2) is 25.2 Å². The highest BCUT2D eigenvalue weighted by molar-refractivity contribution is 6.32. The Hall–Kier alpha value is -3.38. The lowest BCUT2D eigenvalue weighted by Crippen LogP contribution is -2.43. The highest BCUT2D eigenvalue weighted by atomic mass is 35.5. The van der Waals surface area contributed by atoms with E-state index >= 15 is 0 Å². The molecule has 6 nitrogen and oxygen atoms in total. The van der Waals surface area contributed by atoms with E-state index in [1.165, 1.54) is 7.11 Å². The molecule has 1 aliphatic rings. The molecule has 0 saturated carbocycles. The normalized spacial score (nSPS) is 15.5. The van der Waals surface area contributed by atoms with E-state index in [-0.39, 0.29) is 22.4 Å². The van der Waals surface area contributed by atoms with Crippen LogP contribution in [0.25, 0.3) is 0 Å². The molecule has 0 aromatic heterocycles. The van der Waals surface area contributed by atoms with Crippen molar-refractivity contribution in [2.24, 2.45) is 0 Å². The Kier molecular flexibility index (Phi) is 4.94. The molecule has 3 aromatic carbocycles. The van der Waals surface area contributed by atoms with Crippen molar-refractivity contribution in [3.05, 3.63) is 76.8 Å². The van der Waals surface area contributed by atoms with Crippen LogP contribution >= 0.6 is 11.6 Å². The van der Waals surface area contributed by atoms with Crippen LogP contribution in [0.4, 0.5) is 11.4 Å². The van der Waals surface area contributed by atoms with Gasteiger partial charge in [0.1, 0.15) is 11.9 Å². The van der Waals surface area contributed by atoms with E-state index in [0.717, 1.165) is 5.69 Å². The molecule has 1 atom stereocenters. The molecule has 1 amide bonds. The first-order valence-electron chi connectivity index (χ1n) is 8.93. The summed E-state index contributed by atoms with van der Waals surface area (Å²) in [5, 5.41) is 13.6. The van der Waals surface area contributed by atoms with E-state index in [1.54, 1.807) is 42.3 Å². The highest BCUT2D eigenvalue weighted by Gasteiger charge is 2.34. The van der Waals surface area contributed by atoms with Gasteiger partial charge in [0.25, 0.3) is 5.91 Å². The minimum Gasteiger partial charge on any atom is -0.503 e. The summed E-state index contributed by atoms with van der Waals surface area (Å²) in [6, 6.07) is 17.8. The van der Waals surface area contributed by atoms with Crippen LogP contribution in [0.2, 0.25) is 5.02 Å². The van der Waals surface area contributed by atoms with Crippen molar-refractivity contribution in [3.8, 4) is 17.2 Å². The molecule has 0 bridgehead atoms. The second kappa shape index (κ2) is 7.56. The standard InChI is InChI=1S/C22H19ClN2O4/c1-28-15-9-7-14(8-10-15)25-21(13-11-17(23)20(26)19(12-13)29-2)24-18-6-4-3-5-16(18)22(25)27/h3-12,21,24,26H,1-2H3. The van der Waals surface area contributed by atoms with Crippen LogP contribution in [0.1, 0.15) is 22.1 Å². The number of ether oxygens (including phenoxy) is 2. The van der Waals surface area contributed by atoms with E-state index in [9.17, 15) is 9.90 Å². The summed E-state index contributed by atoms with van der Waals surface area (Å²) in [6.45, 7) is 0. The van der Waals surface area contributed by atoms with E-state index in [2.05, 4.69) is 5.32 Å². The zero-order chi connectivity index (χ0) is 20.5. The quantitative estimate of drug-likeness (QED) is 0.644. The van der Waals surface area contributed by atoms with Crippen molar-refractivity contribution in [1.82, 2.24) is 0 Å². The third-order valence-electron chi connectivity index (χ3n) is 4.86. The molecular formula is C22H19ClN2O4. The van der Waals surface area contributed by atoms with E-state index in [4.69, 9.17) is 21.1 Å². The second-order valence-electron chi connectivity index (χ2n) is 6.52. The summed E-state index contributed by atoms with van der Waals surface area (Å²) in [6.07, 6.45) is -0.558. The lowest BCUT2D eigenvalue weighted by molar-refractivity contribution is 0.0975. The average molecular weight is 411 g/mol. The van der Waals surface area contributed by atoms with Crippen LogP contribution in [0.5, 0.6) is 17.2 Å². The van der Waals surface area contributed by atoms with Gasteiger partial charge in [0, 0.05) is 16.9 Å². The summed E-state index contributed by atoms with van der Waals surface area (Å²) in [4.78, 5) is 15.0. The Balaban J connectivity index is 1.87. The number of methoxy groups -OCH3 is 2. The number of carbonyl (C=O) groups excluding carboxylic acids is 1. The molecule has 0 radical (unpaired) electrons. The Labute approximate surface area is 173 Å². The third kappa shape index (κ3) is 3.32. The average Bonchev–Trinajstić information content (AvgIpc) is 2.75. The van der Waals surface area contributed by atoms with Gasteiger partial charge in [-0.05, 0) is 48.5 Å². The number of hydrogen-bond donors (Lipinski definition) is 2. The number of carbonyl (C=O) groups is 1. The zero-order valence-corrected chi connectivity index (χ0v) is 16.6. The maximum atomic E-state index is 13.4. The second-order valence-corrected chi connectivity index (χ2v) is 6.93. The maximum Gasteiger partial charge on any atom is 0.262 e. The number of benzene rings is 3. The number of anilines is 2. The van der Waals surface area contributed by atoms with Gasteiger partial charge in [-0.15, -0.1) is 0 Å². The highest BCUT2D eigenvalue weighted by Crippen LogP contribution is 2.42. The molecule has 1 aliphatic heterocycles. The maximum absolute atomic E-state index is 13.4. The van der Waals surface area contributed by atoms with Crippen molar-refractivity contribution in [2.45, 2.75) is 6.17 Å². The summed E-state index contributed by atoms with van der Waals surface area (Å²) in [5.74, 6) is 0.627. The first-order valence-corrected chi connectivity index (χ1v) is 9.31. The number of hydrogen-bond acceptors (Lipinski definition) is 5. The van der Waals surface area contributed by atoms with Crippen molar-refractivity contribution >= 4 is 28.9 Å². The topological polar surface area (TPSA) is 71.0 Å². The third-order valence-corrected chi connectivity index (χ3v) is 5.15. The number of phenols is 1. The molecule has 148 valence electrons. The predicted octanol–water partition coefficient (Wildman–Crippen LogP) is 4.83. The fourth-order valence-electron chi connectivity index (χ4n) is 3.40. The molecule has 2 N–H and O–H groups in total. The summed E-state index contributed by atoms with van der Waals surface area (Å²) in [7, 11) is 3.04. The molecule has 29 heavy (non-hydrogen) atoms. The summed E-state index contributed by atoms with van der Waals surface area (Å²) in [5.41, 5.74) is 2.64. The minimum atomic E-state index is -0.558. The first kappa shape index (κ1) is 19.0. The van der Waals surface area contributed by atoms with Gasteiger partial charge in [-0.3, -0.25) is 9.69 Å². The van der Waals surface area contributed by atoms with Gasteiger partial charge in [0.05, 0.1) is 24.8 Å². The number of halogens is 1. The van der Waals surface area contributed by atoms with Gasteiger partial charge < -0.3 is 19.9 Å². The lowest BCUT2D eigenvalue weighted by Gasteiger charge is -2.38. The number of nitrogens with zero attached hydrogens (tertiary/aromatic N) is 1. The number of para-hydroxylation sites is 1. The Morgan fingerprint density at radius 1 is 1.03 bits per heavy atom. The molecular weight excluding hydrogens is 392 g/mol. The van der Waals surface area contributed by atoms with Crippen LogP contribution in [0.3, 0.4) is 0 Å². The van der Waals surface area contributed by atoms with Crippen LogP contribution in [-0.2, 0) is 0 Å². The molecule has 0 aliphatic carbocycles. The van der Waals surface area contributed by atoms with Crippen molar-refractivity contribution in [1.29, 1.82) is 0 Å². The largest absolute Gasteiger partial charge is 0.503 e. The molecule has 7 heteroatoms. The van der Waals surface area contributed by atoms with Gasteiger partial charge in [-0.1, -0.05) is 23.7 Å². The number of fused-ring (bicyclic) bond motifs is 1. The smallest absolute Gasteiger partial charge is 0.262 e. The Bertz CT molecular complexity index is 1070. The minimum absolute atomic E-state index is 0.141. The van der Waals surface area contributed by atoms with Crippen LogP contribution in [0.15, 0.2) is 60.7 Å². The number of rotatable bonds is 4. The first-order chi connectivity index (χ1) is 14.0. The van der Waals surface area contributed by atoms with E-state index in [0.29, 0.717) is 22.6 Å². The van der Waals surface area contributed by atoms with Gasteiger partial charge in [0.15, 0.2) is 11.5 Å². The Morgan fingerprint density at radius 3 is 2.45 bits per heavy atom. The van der Waals surface area contributed by atoms with E-state index in [1.807, 2.05) is 30.3 Å². The lowest BCUT2D eigenvalue weighted by atomic mass is 10.0. The summed E-state index contributed by atoms with van der Waals surface area (Å²) >= 11 is 6.21. The van der Waals surface area contributed by atoms with Crippen molar-refractivity contribution in [3.63, 3.8) is 0 Å². The van der Waals surface area contributed by atoms with Crippen molar-refractivity contribution in [2.75, 3.05) is 24.4 Å². The van der Waals surface area contributed by atoms with E-state index < -0.39 is 6.17 Å². The molecule has 0 spiro atoms. The zero-order valence-electron chi connectivity index (χ0n) is 15.8. The fraction of sp³-hybridized carbons (Fsp3) is 0.136. The monoisotopic (exact) mass is 410 g/mol. The number of phenolic OH excluding ortho intramolecular Hbond substituents is 1. The predicted molar refractivity (Wildman–Crippen MR) is 112 cm³/mol. The molecule has 1 heterocycles. The molecule has 0 saturated heterocycles. The molecule has 1 unspecified atom stereocenters. The number of nitrogens with one attached hydrogen (secondary N) is 1. The summed E-state index contributed by atoms with van der Waals surface area (Å²) < 4.78 is 10.5. The van der Waals surface area contributed by atoms with Gasteiger partial charge in [-0.2, -0.15) is 0 Å².